The highest BCUT2D eigenvalue weighted by Gasteiger charge is 2.16. The molecule has 0 spiro atoms. The van der Waals surface area contributed by atoms with Crippen molar-refractivity contribution in [1.29, 1.82) is 5.41 Å². The van der Waals surface area contributed by atoms with Crippen LogP contribution in [0, 0.1) is 17.0 Å². The third kappa shape index (κ3) is 6.54. The van der Waals surface area contributed by atoms with Crippen molar-refractivity contribution in [2.45, 2.75) is 26.4 Å². The van der Waals surface area contributed by atoms with Crippen LogP contribution in [0.15, 0.2) is 48.7 Å². The molecule has 27 heavy (non-hydrogen) atoms. The topological polar surface area (TPSA) is 74.2 Å². The van der Waals surface area contributed by atoms with Crippen LogP contribution < -0.4 is 10.6 Å². The van der Waals surface area contributed by atoms with Gasteiger partial charge in [-0.15, -0.1) is 0 Å². The minimum absolute atomic E-state index is 0.203. The van der Waals surface area contributed by atoms with E-state index in [9.17, 15) is 13.6 Å². The van der Waals surface area contributed by atoms with Crippen molar-refractivity contribution >= 4 is 29.3 Å². The molecule has 0 saturated heterocycles. The third-order valence-corrected chi connectivity index (χ3v) is 3.27. The second-order valence-electron chi connectivity index (χ2n) is 6.75. The van der Waals surface area contributed by atoms with E-state index < -0.39 is 17.5 Å². The zero-order valence-electron chi connectivity index (χ0n) is 15.3. The molecule has 0 bridgehead atoms. The van der Waals surface area contributed by atoms with Gasteiger partial charge in [-0.3, -0.25) is 5.32 Å². The summed E-state index contributed by atoms with van der Waals surface area (Å²) in [4.78, 5) is 11.9. The summed E-state index contributed by atoms with van der Waals surface area (Å²) in [6, 6.07) is 9.58. The van der Waals surface area contributed by atoms with Crippen molar-refractivity contribution in [2.75, 3.05) is 10.6 Å². The molecule has 0 atom stereocenters. The number of carbonyl (C=O) groups is 1. The number of allylic oxidation sites excluding steroid dienone is 1. The van der Waals surface area contributed by atoms with Gasteiger partial charge in [-0.2, -0.15) is 0 Å². The number of halogens is 2. The average Bonchev–Trinajstić information content (AvgIpc) is 2.54. The number of anilines is 2. The highest BCUT2D eigenvalue weighted by molar-refractivity contribution is 6.09. The van der Waals surface area contributed by atoms with Gasteiger partial charge in [0.25, 0.3) is 0 Å². The summed E-state index contributed by atoms with van der Waals surface area (Å²) in [6.07, 6.45) is 1.83. The van der Waals surface area contributed by atoms with Gasteiger partial charge >= 0.3 is 6.09 Å². The molecule has 3 N–H and O–H groups in total. The van der Waals surface area contributed by atoms with Gasteiger partial charge in [0.2, 0.25) is 0 Å². The molecular weight excluding hydrogens is 352 g/mol. The molecule has 0 aliphatic carbocycles. The molecule has 2 aromatic carbocycles. The average molecular weight is 373 g/mol. The van der Waals surface area contributed by atoms with Gasteiger partial charge in [0.15, 0.2) is 0 Å². The fourth-order valence-corrected chi connectivity index (χ4v) is 2.17. The molecule has 0 unspecified atom stereocenters. The molecule has 0 aromatic heterocycles. The fraction of sp³-hybridized carbons (Fsp3) is 0.200. The number of benzene rings is 2. The highest BCUT2D eigenvalue weighted by Crippen LogP contribution is 2.21. The lowest BCUT2D eigenvalue weighted by Gasteiger charge is -2.19. The van der Waals surface area contributed by atoms with Crippen LogP contribution in [0.3, 0.4) is 0 Å². The molecule has 2 rings (SSSR count). The van der Waals surface area contributed by atoms with Crippen molar-refractivity contribution in [3.63, 3.8) is 0 Å². The van der Waals surface area contributed by atoms with Crippen LogP contribution in [-0.4, -0.2) is 17.9 Å². The fourth-order valence-electron chi connectivity index (χ4n) is 2.17. The molecule has 142 valence electrons. The standard InChI is InChI=1S/C20H21F2N3O2/c1-20(2,3)27-19(26)25-18-9-13(8-16(22)10-18)14(11-23)12-24-17-6-4-15(21)5-7-17/h4-12,23-24H,1-3H3,(H,25,26)/b14-12+,23-11?. The second kappa shape index (κ2) is 8.44. The van der Waals surface area contributed by atoms with Gasteiger partial charge in [0.1, 0.15) is 17.2 Å². The number of rotatable bonds is 5. The summed E-state index contributed by atoms with van der Waals surface area (Å²) in [7, 11) is 0. The first kappa shape index (κ1) is 20.1. The van der Waals surface area contributed by atoms with E-state index in [0.29, 0.717) is 16.8 Å². The normalized spacial score (nSPS) is 11.7. The molecule has 5 nitrogen and oxygen atoms in total. The van der Waals surface area contributed by atoms with Gasteiger partial charge in [-0.1, -0.05) is 0 Å². The van der Waals surface area contributed by atoms with Crippen molar-refractivity contribution in [2.24, 2.45) is 0 Å². The molecule has 2 aromatic rings. The highest BCUT2D eigenvalue weighted by atomic mass is 19.1. The predicted octanol–water partition coefficient (Wildman–Crippen LogP) is 5.41. The van der Waals surface area contributed by atoms with E-state index in [0.717, 1.165) is 12.3 Å². The molecule has 0 saturated carbocycles. The van der Waals surface area contributed by atoms with E-state index in [1.807, 2.05) is 0 Å². The smallest absolute Gasteiger partial charge is 0.412 e. The maximum atomic E-state index is 14.0. The molecule has 1 amide bonds. The number of ether oxygens (including phenoxy) is 1. The van der Waals surface area contributed by atoms with Gasteiger partial charge in [-0.25, -0.2) is 13.6 Å². The Balaban J connectivity index is 2.21. The maximum Gasteiger partial charge on any atom is 0.412 e. The number of hydrogen-bond donors (Lipinski definition) is 3. The van der Waals surface area contributed by atoms with Gasteiger partial charge in [0.05, 0.1) is 0 Å². The summed E-state index contributed by atoms with van der Waals surface area (Å²) in [5.41, 5.74) is 0.879. The Morgan fingerprint density at radius 2 is 1.70 bits per heavy atom. The Morgan fingerprint density at radius 1 is 1.04 bits per heavy atom. The van der Waals surface area contributed by atoms with Crippen molar-refractivity contribution in [3.8, 4) is 0 Å². The van der Waals surface area contributed by atoms with Crippen LogP contribution in [-0.2, 0) is 4.74 Å². The van der Waals surface area contributed by atoms with Crippen molar-refractivity contribution in [3.05, 3.63) is 65.9 Å². The first-order valence-electron chi connectivity index (χ1n) is 8.20. The minimum atomic E-state index is -0.705. The van der Waals surface area contributed by atoms with Gasteiger partial charge in [-0.05, 0) is 68.8 Å². The number of carbonyl (C=O) groups excluding carboxylic acids is 1. The van der Waals surface area contributed by atoms with E-state index >= 15 is 0 Å². The summed E-state index contributed by atoms with van der Waals surface area (Å²) in [5.74, 6) is -0.937. The van der Waals surface area contributed by atoms with Gasteiger partial charge in [0, 0.05) is 29.4 Å². The Bertz CT molecular complexity index is 857. The van der Waals surface area contributed by atoms with Crippen LogP contribution >= 0.6 is 0 Å². The van der Waals surface area contributed by atoms with Crippen molar-refractivity contribution < 1.29 is 18.3 Å². The van der Waals surface area contributed by atoms with Crippen molar-refractivity contribution in [1.82, 2.24) is 0 Å². The Hall–Kier alpha value is -3.22. The Labute approximate surface area is 156 Å². The molecule has 0 aliphatic rings. The van der Waals surface area contributed by atoms with Crippen LogP contribution in [0.5, 0.6) is 0 Å². The Morgan fingerprint density at radius 3 is 2.30 bits per heavy atom. The van der Waals surface area contributed by atoms with E-state index in [4.69, 9.17) is 10.1 Å². The molecule has 0 heterocycles. The summed E-state index contributed by atoms with van der Waals surface area (Å²) >= 11 is 0. The van der Waals surface area contributed by atoms with E-state index in [1.54, 1.807) is 20.8 Å². The predicted molar refractivity (Wildman–Crippen MR) is 103 cm³/mol. The largest absolute Gasteiger partial charge is 0.444 e. The first-order chi connectivity index (χ1) is 12.7. The van der Waals surface area contributed by atoms with E-state index in [-0.39, 0.29) is 11.5 Å². The number of nitrogens with one attached hydrogen (secondary N) is 3. The van der Waals surface area contributed by atoms with Gasteiger partial charge < -0.3 is 15.5 Å². The monoisotopic (exact) mass is 373 g/mol. The number of hydrogen-bond acceptors (Lipinski definition) is 4. The van der Waals surface area contributed by atoms with E-state index in [1.165, 1.54) is 42.6 Å². The lowest BCUT2D eigenvalue weighted by Crippen LogP contribution is -2.27. The first-order valence-corrected chi connectivity index (χ1v) is 8.20. The molecule has 0 radical (unpaired) electrons. The molecule has 0 aliphatic heterocycles. The van der Waals surface area contributed by atoms with Crippen LogP contribution in [0.1, 0.15) is 26.3 Å². The summed E-state index contributed by atoms with van der Waals surface area (Å²) in [6.45, 7) is 5.17. The summed E-state index contributed by atoms with van der Waals surface area (Å²) < 4.78 is 32.1. The summed E-state index contributed by atoms with van der Waals surface area (Å²) in [5, 5.41) is 13.0. The Kier molecular flexibility index (Phi) is 6.28. The zero-order chi connectivity index (χ0) is 20.0. The van der Waals surface area contributed by atoms with Crippen LogP contribution in [0.25, 0.3) is 5.57 Å². The lowest BCUT2D eigenvalue weighted by molar-refractivity contribution is 0.0636. The van der Waals surface area contributed by atoms with Crippen LogP contribution in [0.2, 0.25) is 0 Å². The zero-order valence-corrected chi connectivity index (χ0v) is 15.3. The molecular formula is C20H21F2N3O2. The third-order valence-electron chi connectivity index (χ3n) is 3.27. The maximum absolute atomic E-state index is 14.0. The molecule has 0 fully saturated rings. The quantitative estimate of drug-likeness (QED) is 0.613. The second-order valence-corrected chi connectivity index (χ2v) is 6.75. The van der Waals surface area contributed by atoms with Crippen LogP contribution in [0.4, 0.5) is 25.0 Å². The minimum Gasteiger partial charge on any atom is -0.444 e. The lowest BCUT2D eigenvalue weighted by atomic mass is 10.1. The molecule has 7 heteroatoms. The SMILES string of the molecule is CC(C)(C)OC(=O)Nc1cc(F)cc(/C(C=N)=C/Nc2ccc(F)cc2)c1. The van der Waals surface area contributed by atoms with E-state index in [2.05, 4.69) is 10.6 Å². The number of amides is 1.